The van der Waals surface area contributed by atoms with Crippen LogP contribution in [0.3, 0.4) is 0 Å². The van der Waals surface area contributed by atoms with Crippen molar-refractivity contribution >= 4 is 21.7 Å². The summed E-state index contributed by atoms with van der Waals surface area (Å²) in [6.45, 7) is 1.37. The zero-order valence-corrected chi connectivity index (χ0v) is 14.5. The lowest BCUT2D eigenvalue weighted by atomic mass is 10.3. The molecule has 0 unspecified atom stereocenters. The van der Waals surface area contributed by atoms with Crippen LogP contribution in [0.25, 0.3) is 0 Å². The van der Waals surface area contributed by atoms with E-state index in [1.165, 1.54) is 26.2 Å². The second-order valence-corrected chi connectivity index (χ2v) is 7.62. The van der Waals surface area contributed by atoms with E-state index in [0.717, 1.165) is 10.8 Å². The van der Waals surface area contributed by atoms with E-state index in [2.05, 4.69) is 5.32 Å². The third-order valence-corrected chi connectivity index (χ3v) is 4.94. The first kappa shape index (κ1) is 18.4. The number of hydrogen-bond donors (Lipinski definition) is 1. The van der Waals surface area contributed by atoms with Crippen LogP contribution in [0.15, 0.2) is 29.2 Å². The molecule has 7 nitrogen and oxygen atoms in total. The number of amides is 2. The topological polar surface area (TPSA) is 73.0 Å². The summed E-state index contributed by atoms with van der Waals surface area (Å²) in [6.07, 6.45) is 0. The molecule has 0 saturated carbocycles. The number of hydrogen-bond acceptors (Lipinski definition) is 4. The Hall–Kier alpha value is -1.64. The summed E-state index contributed by atoms with van der Waals surface area (Å²) >= 11 is 0. The van der Waals surface area contributed by atoms with Crippen LogP contribution in [0.5, 0.6) is 0 Å². The van der Waals surface area contributed by atoms with E-state index in [0.29, 0.717) is 12.2 Å². The van der Waals surface area contributed by atoms with Gasteiger partial charge in [0, 0.05) is 39.9 Å². The Morgan fingerprint density at radius 2 is 1.55 bits per heavy atom. The molecule has 0 spiro atoms. The van der Waals surface area contributed by atoms with Crippen molar-refractivity contribution in [1.29, 1.82) is 0 Å². The molecule has 0 heterocycles. The zero-order valence-electron chi connectivity index (χ0n) is 13.7. The Kier molecular flexibility index (Phi) is 6.34. The minimum absolute atomic E-state index is 0.191. The average Bonchev–Trinajstić information content (AvgIpc) is 2.44. The van der Waals surface area contributed by atoms with E-state index in [9.17, 15) is 13.2 Å². The highest BCUT2D eigenvalue weighted by molar-refractivity contribution is 7.89. The lowest BCUT2D eigenvalue weighted by Crippen LogP contribution is -2.36. The van der Waals surface area contributed by atoms with Crippen LogP contribution in [0.2, 0.25) is 0 Å². The first-order valence-electron chi connectivity index (χ1n) is 6.84. The maximum Gasteiger partial charge on any atom is 0.321 e. The minimum Gasteiger partial charge on any atom is -0.326 e. The number of rotatable bonds is 6. The quantitative estimate of drug-likeness (QED) is 0.844. The summed E-state index contributed by atoms with van der Waals surface area (Å²) in [5.41, 5.74) is 0.555. The number of urea groups is 1. The van der Waals surface area contributed by atoms with Crippen molar-refractivity contribution < 1.29 is 13.2 Å². The van der Waals surface area contributed by atoms with Gasteiger partial charge in [0.15, 0.2) is 0 Å². The van der Waals surface area contributed by atoms with Crippen LogP contribution in [0.4, 0.5) is 10.5 Å². The number of benzene rings is 1. The van der Waals surface area contributed by atoms with Gasteiger partial charge < -0.3 is 15.1 Å². The number of sulfonamides is 1. The number of likely N-dealkylation sites (N-methyl/N-ethyl adjacent to an activating group) is 2. The van der Waals surface area contributed by atoms with Crippen molar-refractivity contribution in [2.45, 2.75) is 4.90 Å². The molecule has 0 saturated heterocycles. The van der Waals surface area contributed by atoms with Crippen molar-refractivity contribution in [2.24, 2.45) is 0 Å². The molecular formula is C14H24N4O3S. The van der Waals surface area contributed by atoms with E-state index < -0.39 is 10.0 Å². The SMILES string of the molecule is CN(C)CCN(C)C(=O)Nc1ccc(S(=O)(=O)N(C)C)cc1. The van der Waals surface area contributed by atoms with Crippen LogP contribution in [0.1, 0.15) is 0 Å². The maximum absolute atomic E-state index is 12.0. The average molecular weight is 328 g/mol. The molecule has 2 amide bonds. The van der Waals surface area contributed by atoms with Crippen molar-refractivity contribution in [3.8, 4) is 0 Å². The fourth-order valence-corrected chi connectivity index (χ4v) is 2.49. The molecule has 0 fully saturated rings. The Bertz CT molecular complexity index is 597. The van der Waals surface area contributed by atoms with Gasteiger partial charge in [0.25, 0.3) is 0 Å². The van der Waals surface area contributed by atoms with Crippen LogP contribution in [-0.4, -0.2) is 76.9 Å². The lowest BCUT2D eigenvalue weighted by Gasteiger charge is -2.20. The van der Waals surface area contributed by atoms with E-state index in [-0.39, 0.29) is 10.9 Å². The summed E-state index contributed by atoms with van der Waals surface area (Å²) in [5.74, 6) is 0. The fourth-order valence-electron chi connectivity index (χ4n) is 1.59. The first-order chi connectivity index (χ1) is 10.1. The minimum atomic E-state index is -3.45. The van der Waals surface area contributed by atoms with E-state index >= 15 is 0 Å². The second-order valence-electron chi connectivity index (χ2n) is 5.47. The van der Waals surface area contributed by atoms with Crippen LogP contribution >= 0.6 is 0 Å². The third kappa shape index (κ3) is 4.97. The molecule has 124 valence electrons. The second kappa shape index (κ2) is 7.57. The number of nitrogens with one attached hydrogen (secondary N) is 1. The van der Waals surface area contributed by atoms with Gasteiger partial charge in [-0.05, 0) is 38.4 Å². The normalized spacial score (nSPS) is 11.8. The molecule has 0 aliphatic heterocycles. The highest BCUT2D eigenvalue weighted by atomic mass is 32.2. The van der Waals surface area contributed by atoms with Crippen molar-refractivity contribution in [3.63, 3.8) is 0 Å². The largest absolute Gasteiger partial charge is 0.326 e. The monoisotopic (exact) mass is 328 g/mol. The Morgan fingerprint density at radius 3 is 2.00 bits per heavy atom. The smallest absolute Gasteiger partial charge is 0.321 e. The Morgan fingerprint density at radius 1 is 1.00 bits per heavy atom. The van der Waals surface area contributed by atoms with Gasteiger partial charge >= 0.3 is 6.03 Å². The molecule has 1 aromatic rings. The molecule has 0 bridgehead atoms. The van der Waals surface area contributed by atoms with Gasteiger partial charge in [-0.3, -0.25) is 0 Å². The van der Waals surface area contributed by atoms with Gasteiger partial charge in [0.05, 0.1) is 4.90 Å². The number of anilines is 1. The van der Waals surface area contributed by atoms with Gasteiger partial charge in [0.2, 0.25) is 10.0 Å². The summed E-state index contributed by atoms with van der Waals surface area (Å²) in [5, 5.41) is 2.73. The molecular weight excluding hydrogens is 304 g/mol. The Balaban J connectivity index is 2.70. The molecule has 0 atom stereocenters. The highest BCUT2D eigenvalue weighted by Gasteiger charge is 2.17. The van der Waals surface area contributed by atoms with Gasteiger partial charge in [0.1, 0.15) is 0 Å². The maximum atomic E-state index is 12.0. The molecule has 1 N–H and O–H groups in total. The molecule has 1 aromatic carbocycles. The molecule has 8 heteroatoms. The summed E-state index contributed by atoms with van der Waals surface area (Å²) in [7, 11) is 5.09. The van der Waals surface area contributed by atoms with E-state index in [4.69, 9.17) is 0 Å². The molecule has 0 aliphatic carbocycles. The van der Waals surface area contributed by atoms with Gasteiger partial charge in [-0.1, -0.05) is 0 Å². The van der Waals surface area contributed by atoms with Crippen LogP contribution in [0, 0.1) is 0 Å². The molecule has 0 aliphatic rings. The lowest BCUT2D eigenvalue weighted by molar-refractivity contribution is 0.217. The highest BCUT2D eigenvalue weighted by Crippen LogP contribution is 2.16. The zero-order chi connectivity index (χ0) is 16.9. The number of nitrogens with zero attached hydrogens (tertiary/aromatic N) is 3. The fraction of sp³-hybridized carbons (Fsp3) is 0.500. The molecule has 22 heavy (non-hydrogen) atoms. The Labute approximate surface area is 132 Å². The predicted molar refractivity (Wildman–Crippen MR) is 87.5 cm³/mol. The molecule has 0 aromatic heterocycles. The summed E-state index contributed by atoms with van der Waals surface area (Å²) in [4.78, 5) is 15.7. The number of carbonyl (C=O) groups is 1. The third-order valence-electron chi connectivity index (χ3n) is 3.11. The number of carbonyl (C=O) groups excluding carboxylic acids is 1. The van der Waals surface area contributed by atoms with Crippen molar-refractivity contribution in [2.75, 3.05) is 53.6 Å². The predicted octanol–water partition coefficient (Wildman–Crippen LogP) is 0.962. The van der Waals surface area contributed by atoms with Gasteiger partial charge in [-0.25, -0.2) is 17.5 Å². The molecule has 0 radical (unpaired) electrons. The van der Waals surface area contributed by atoms with Crippen LogP contribution < -0.4 is 5.32 Å². The summed E-state index contributed by atoms with van der Waals surface area (Å²) < 4.78 is 25.0. The van der Waals surface area contributed by atoms with Crippen molar-refractivity contribution in [1.82, 2.24) is 14.1 Å². The first-order valence-corrected chi connectivity index (χ1v) is 8.28. The van der Waals surface area contributed by atoms with Crippen molar-refractivity contribution in [3.05, 3.63) is 24.3 Å². The summed E-state index contributed by atoms with van der Waals surface area (Å²) in [6, 6.07) is 5.88. The van der Waals surface area contributed by atoms with E-state index in [1.807, 2.05) is 19.0 Å². The molecule has 1 rings (SSSR count). The van der Waals surface area contributed by atoms with Crippen LogP contribution in [-0.2, 0) is 10.0 Å². The van der Waals surface area contributed by atoms with Gasteiger partial charge in [-0.2, -0.15) is 0 Å². The van der Waals surface area contributed by atoms with E-state index in [1.54, 1.807) is 24.1 Å². The standard InChI is InChI=1S/C14H24N4O3S/c1-16(2)10-11-18(5)14(19)15-12-6-8-13(9-7-12)22(20,21)17(3)4/h6-9H,10-11H2,1-5H3,(H,15,19). The van der Waals surface area contributed by atoms with Gasteiger partial charge in [-0.15, -0.1) is 0 Å².